The number of anilines is 1. The first-order valence-corrected chi connectivity index (χ1v) is 6.11. The first-order chi connectivity index (χ1) is 6.98. The van der Waals surface area contributed by atoms with Gasteiger partial charge in [-0.1, -0.05) is 6.07 Å². The van der Waals surface area contributed by atoms with Gasteiger partial charge in [0.2, 0.25) is 10.0 Å². The van der Waals surface area contributed by atoms with Gasteiger partial charge in [-0.2, -0.15) is 0 Å². The van der Waals surface area contributed by atoms with Crippen molar-refractivity contribution in [3.05, 3.63) is 18.2 Å². The Morgan fingerprint density at radius 2 is 2.00 bits per heavy atom. The zero-order valence-electron chi connectivity index (χ0n) is 8.01. The molecule has 4 N–H and O–H groups in total. The predicted molar refractivity (Wildman–Crippen MR) is 55.9 cm³/mol. The highest BCUT2D eigenvalue weighted by molar-refractivity contribution is 7.89. The van der Waals surface area contributed by atoms with Gasteiger partial charge in [-0.25, -0.2) is 13.6 Å². The number of hydrogen-bond donors (Lipinski definition) is 2. The molecule has 0 bridgehead atoms. The van der Waals surface area contributed by atoms with E-state index >= 15 is 0 Å². The highest BCUT2D eigenvalue weighted by Gasteiger charge is 2.25. The van der Waals surface area contributed by atoms with Crippen LogP contribution in [0.1, 0.15) is 12.8 Å². The van der Waals surface area contributed by atoms with Crippen LogP contribution in [0.4, 0.5) is 5.69 Å². The minimum absolute atomic E-state index is 0.0827. The van der Waals surface area contributed by atoms with Gasteiger partial charge < -0.3 is 10.5 Å². The second kappa shape index (κ2) is 3.39. The number of rotatable bonds is 3. The number of nitrogen functional groups attached to an aromatic ring is 1. The first kappa shape index (κ1) is 10.3. The number of para-hydroxylation sites is 1. The number of sulfonamides is 1. The number of nitrogens with two attached hydrogens (primary N) is 2. The van der Waals surface area contributed by atoms with Crippen molar-refractivity contribution >= 4 is 15.7 Å². The van der Waals surface area contributed by atoms with Gasteiger partial charge in [-0.15, -0.1) is 0 Å². The molecule has 0 saturated heterocycles. The molecule has 6 heteroatoms. The molecular formula is C9H12N2O3S. The van der Waals surface area contributed by atoms with Crippen molar-refractivity contribution in [2.24, 2.45) is 5.14 Å². The van der Waals surface area contributed by atoms with Crippen molar-refractivity contribution in [1.82, 2.24) is 0 Å². The molecule has 0 radical (unpaired) electrons. The molecule has 1 saturated carbocycles. The Hall–Kier alpha value is -1.27. The van der Waals surface area contributed by atoms with Crippen LogP contribution in [0.25, 0.3) is 0 Å². The molecule has 0 aliphatic heterocycles. The van der Waals surface area contributed by atoms with E-state index in [-0.39, 0.29) is 16.7 Å². The van der Waals surface area contributed by atoms with Crippen LogP contribution in [-0.2, 0) is 10.0 Å². The summed E-state index contributed by atoms with van der Waals surface area (Å²) < 4.78 is 27.7. The summed E-state index contributed by atoms with van der Waals surface area (Å²) >= 11 is 0. The summed E-state index contributed by atoms with van der Waals surface area (Å²) in [6, 6.07) is 4.57. The van der Waals surface area contributed by atoms with Gasteiger partial charge in [0.05, 0.1) is 11.8 Å². The average molecular weight is 228 g/mol. The largest absolute Gasteiger partial charge is 0.488 e. The Kier molecular flexibility index (Phi) is 2.32. The molecule has 1 aliphatic rings. The summed E-state index contributed by atoms with van der Waals surface area (Å²) in [5, 5.41) is 5.01. The molecule has 0 spiro atoms. The second-order valence-corrected chi connectivity index (χ2v) is 5.06. The second-order valence-electron chi connectivity index (χ2n) is 3.53. The molecule has 1 fully saturated rings. The maximum atomic E-state index is 11.1. The van der Waals surface area contributed by atoms with Gasteiger partial charge in [-0.3, -0.25) is 0 Å². The number of hydrogen-bond acceptors (Lipinski definition) is 4. The lowest BCUT2D eigenvalue weighted by Crippen LogP contribution is -2.15. The molecule has 82 valence electrons. The third kappa shape index (κ3) is 2.21. The lowest BCUT2D eigenvalue weighted by atomic mass is 10.3. The van der Waals surface area contributed by atoms with Gasteiger partial charge in [0, 0.05) is 0 Å². The molecule has 0 atom stereocenters. The van der Waals surface area contributed by atoms with E-state index in [1.54, 1.807) is 12.1 Å². The number of ether oxygens (including phenoxy) is 1. The van der Waals surface area contributed by atoms with E-state index in [0.29, 0.717) is 5.75 Å². The lowest BCUT2D eigenvalue weighted by Gasteiger charge is -2.10. The standard InChI is InChI=1S/C9H12N2O3S/c10-9-7(14-6-4-5-6)2-1-3-8(9)15(11,12)13/h1-3,6H,4-5,10H2,(H2,11,12,13). The molecule has 5 nitrogen and oxygen atoms in total. The van der Waals surface area contributed by atoms with Crippen molar-refractivity contribution < 1.29 is 13.2 Å². The van der Waals surface area contributed by atoms with E-state index in [9.17, 15) is 8.42 Å². The summed E-state index contributed by atoms with van der Waals surface area (Å²) in [4.78, 5) is -0.0827. The summed E-state index contributed by atoms with van der Waals surface area (Å²) in [5.41, 5.74) is 5.75. The predicted octanol–water partition coefficient (Wildman–Crippen LogP) is 0.457. The van der Waals surface area contributed by atoms with Gasteiger partial charge in [-0.05, 0) is 25.0 Å². The van der Waals surface area contributed by atoms with Crippen molar-refractivity contribution in [3.63, 3.8) is 0 Å². The minimum atomic E-state index is -3.78. The maximum Gasteiger partial charge on any atom is 0.240 e. The van der Waals surface area contributed by atoms with E-state index in [0.717, 1.165) is 12.8 Å². The highest BCUT2D eigenvalue weighted by Crippen LogP contribution is 2.33. The topological polar surface area (TPSA) is 95.4 Å². The van der Waals surface area contributed by atoms with Gasteiger partial charge >= 0.3 is 0 Å². The monoisotopic (exact) mass is 228 g/mol. The average Bonchev–Trinajstić information content (AvgIpc) is 2.90. The quantitative estimate of drug-likeness (QED) is 0.734. The molecule has 1 aromatic carbocycles. The molecule has 0 heterocycles. The SMILES string of the molecule is Nc1c(OC2CC2)cccc1S(N)(=O)=O. The fourth-order valence-electron chi connectivity index (χ4n) is 1.24. The van der Waals surface area contributed by atoms with Crippen LogP contribution in [0.3, 0.4) is 0 Å². The Morgan fingerprint density at radius 3 is 2.53 bits per heavy atom. The van der Waals surface area contributed by atoms with E-state index in [1.807, 2.05) is 0 Å². The molecule has 0 aromatic heterocycles. The van der Waals surface area contributed by atoms with Gasteiger partial charge in [0.25, 0.3) is 0 Å². The third-order valence-electron chi connectivity index (χ3n) is 2.15. The van der Waals surface area contributed by atoms with Crippen LogP contribution < -0.4 is 15.6 Å². The molecule has 15 heavy (non-hydrogen) atoms. The summed E-state index contributed by atoms with van der Waals surface area (Å²) in [7, 11) is -3.78. The molecular weight excluding hydrogens is 216 g/mol. The van der Waals surface area contributed by atoms with E-state index in [4.69, 9.17) is 15.6 Å². The van der Waals surface area contributed by atoms with Crippen LogP contribution in [0.2, 0.25) is 0 Å². The fraction of sp³-hybridized carbons (Fsp3) is 0.333. The van der Waals surface area contributed by atoms with Crippen LogP contribution in [0.15, 0.2) is 23.1 Å². The van der Waals surface area contributed by atoms with Gasteiger partial charge in [0.15, 0.2) is 0 Å². The molecule has 1 aromatic rings. The maximum absolute atomic E-state index is 11.1. The van der Waals surface area contributed by atoms with Crippen molar-refractivity contribution in [3.8, 4) is 5.75 Å². The molecule has 0 amide bonds. The van der Waals surface area contributed by atoms with E-state index < -0.39 is 10.0 Å². The van der Waals surface area contributed by atoms with Crippen LogP contribution >= 0.6 is 0 Å². The van der Waals surface area contributed by atoms with E-state index in [1.165, 1.54) is 6.07 Å². The van der Waals surface area contributed by atoms with Crippen molar-refractivity contribution in [2.45, 2.75) is 23.8 Å². The van der Waals surface area contributed by atoms with Crippen LogP contribution in [-0.4, -0.2) is 14.5 Å². The van der Waals surface area contributed by atoms with Crippen LogP contribution in [0.5, 0.6) is 5.75 Å². The zero-order chi connectivity index (χ0) is 11.1. The van der Waals surface area contributed by atoms with Crippen molar-refractivity contribution in [1.29, 1.82) is 0 Å². The van der Waals surface area contributed by atoms with Crippen LogP contribution in [0, 0.1) is 0 Å². The summed E-state index contributed by atoms with van der Waals surface area (Å²) in [5.74, 6) is 0.393. The van der Waals surface area contributed by atoms with Gasteiger partial charge in [0.1, 0.15) is 10.6 Å². The Labute approximate surface area is 88.1 Å². The summed E-state index contributed by atoms with van der Waals surface area (Å²) in [6.45, 7) is 0. The number of primary sulfonamides is 1. The highest BCUT2D eigenvalue weighted by atomic mass is 32.2. The minimum Gasteiger partial charge on any atom is -0.488 e. The molecule has 2 rings (SSSR count). The normalized spacial score (nSPS) is 16.3. The Balaban J connectivity index is 2.40. The van der Waals surface area contributed by atoms with E-state index in [2.05, 4.69) is 0 Å². The molecule has 0 unspecified atom stereocenters. The lowest BCUT2D eigenvalue weighted by molar-refractivity contribution is 0.304. The first-order valence-electron chi connectivity index (χ1n) is 4.56. The molecule has 1 aliphatic carbocycles. The number of benzene rings is 1. The third-order valence-corrected chi connectivity index (χ3v) is 3.12. The summed E-state index contributed by atoms with van der Waals surface area (Å²) in [6.07, 6.45) is 2.14. The smallest absolute Gasteiger partial charge is 0.240 e. The Morgan fingerprint density at radius 1 is 1.33 bits per heavy atom. The Bertz CT molecular complexity index is 480. The zero-order valence-corrected chi connectivity index (χ0v) is 8.83. The van der Waals surface area contributed by atoms with Crippen molar-refractivity contribution in [2.75, 3.05) is 5.73 Å². The fourth-order valence-corrected chi connectivity index (χ4v) is 1.92.